The van der Waals surface area contributed by atoms with E-state index in [0.717, 1.165) is 12.8 Å². The van der Waals surface area contributed by atoms with Gasteiger partial charge in [0.1, 0.15) is 5.01 Å². The molecule has 106 valence electrons. The number of fused-ring (bicyclic) bond motifs is 1. The molecule has 1 aromatic carbocycles. The second-order valence-corrected chi connectivity index (χ2v) is 6.63. The molecule has 0 radical (unpaired) electrons. The Morgan fingerprint density at radius 3 is 3.00 bits per heavy atom. The fraction of sp³-hybridized carbons (Fsp3) is 0.471. The lowest BCUT2D eigenvalue weighted by Crippen LogP contribution is -2.10. The van der Waals surface area contributed by atoms with Gasteiger partial charge in [0.15, 0.2) is 0 Å². The predicted octanol–water partition coefficient (Wildman–Crippen LogP) is 4.02. The van der Waals surface area contributed by atoms with Crippen LogP contribution in [0.2, 0.25) is 0 Å². The Bertz CT molecular complexity index is 588. The molecule has 1 aliphatic rings. The highest BCUT2D eigenvalue weighted by Gasteiger charge is 2.25. The number of nitrogens with two attached hydrogens (primary N) is 1. The highest BCUT2D eigenvalue weighted by molar-refractivity contribution is 7.11. The maximum absolute atomic E-state index is 5.89. The molecule has 2 N–H and O–H groups in total. The molecule has 2 nitrogen and oxygen atoms in total. The molecule has 0 fully saturated rings. The van der Waals surface area contributed by atoms with Crippen LogP contribution in [0.15, 0.2) is 24.3 Å². The van der Waals surface area contributed by atoms with E-state index in [9.17, 15) is 0 Å². The monoisotopic (exact) mass is 286 g/mol. The summed E-state index contributed by atoms with van der Waals surface area (Å²) in [6.45, 7) is 2.83. The minimum atomic E-state index is 0.487. The van der Waals surface area contributed by atoms with Gasteiger partial charge in [0.2, 0.25) is 0 Å². The van der Waals surface area contributed by atoms with Gasteiger partial charge in [-0.25, -0.2) is 4.98 Å². The van der Waals surface area contributed by atoms with Gasteiger partial charge < -0.3 is 5.73 Å². The standard InChI is InChI=1S/C17H22N2S/c1-2-6-15-16(11-18)20-17(19-15)14-10-5-8-12-7-3-4-9-13(12)14/h3-4,7,9,14H,2,5-6,8,10-11,18H2,1H3. The van der Waals surface area contributed by atoms with Crippen LogP contribution >= 0.6 is 11.3 Å². The predicted molar refractivity (Wildman–Crippen MR) is 85.2 cm³/mol. The van der Waals surface area contributed by atoms with E-state index >= 15 is 0 Å². The van der Waals surface area contributed by atoms with Crippen molar-refractivity contribution in [2.45, 2.75) is 51.5 Å². The molecule has 0 amide bonds. The lowest BCUT2D eigenvalue weighted by molar-refractivity contribution is 0.611. The quantitative estimate of drug-likeness (QED) is 0.922. The van der Waals surface area contributed by atoms with E-state index in [-0.39, 0.29) is 0 Å². The van der Waals surface area contributed by atoms with Crippen molar-refractivity contribution in [3.63, 3.8) is 0 Å². The van der Waals surface area contributed by atoms with Crippen LogP contribution in [0.25, 0.3) is 0 Å². The normalized spacial score (nSPS) is 18.0. The maximum atomic E-state index is 5.89. The van der Waals surface area contributed by atoms with E-state index < -0.39 is 0 Å². The molecule has 1 atom stereocenters. The Hall–Kier alpha value is -1.19. The highest BCUT2D eigenvalue weighted by Crippen LogP contribution is 2.39. The first-order chi connectivity index (χ1) is 9.83. The topological polar surface area (TPSA) is 38.9 Å². The summed E-state index contributed by atoms with van der Waals surface area (Å²) in [5, 5.41) is 1.28. The molecule has 0 saturated carbocycles. The molecule has 0 aliphatic heterocycles. The van der Waals surface area contributed by atoms with Crippen LogP contribution in [0, 0.1) is 0 Å². The number of rotatable bonds is 4. The Morgan fingerprint density at radius 2 is 2.20 bits per heavy atom. The average molecular weight is 286 g/mol. The lowest BCUT2D eigenvalue weighted by Gasteiger charge is -2.23. The van der Waals surface area contributed by atoms with Crippen molar-refractivity contribution in [2.75, 3.05) is 0 Å². The van der Waals surface area contributed by atoms with Gasteiger partial charge in [-0.1, -0.05) is 37.6 Å². The summed E-state index contributed by atoms with van der Waals surface area (Å²) in [5.41, 5.74) is 10.1. The summed E-state index contributed by atoms with van der Waals surface area (Å²) in [5.74, 6) is 0.487. The zero-order valence-corrected chi connectivity index (χ0v) is 12.9. The summed E-state index contributed by atoms with van der Waals surface area (Å²) < 4.78 is 0. The fourth-order valence-corrected chi connectivity index (χ4v) is 4.30. The maximum Gasteiger partial charge on any atom is 0.101 e. The van der Waals surface area contributed by atoms with Gasteiger partial charge >= 0.3 is 0 Å². The van der Waals surface area contributed by atoms with E-state index in [1.54, 1.807) is 0 Å². The van der Waals surface area contributed by atoms with Crippen LogP contribution in [0.5, 0.6) is 0 Å². The van der Waals surface area contributed by atoms with Crippen molar-refractivity contribution in [1.82, 2.24) is 4.98 Å². The highest BCUT2D eigenvalue weighted by atomic mass is 32.1. The number of aryl methyl sites for hydroxylation is 2. The van der Waals surface area contributed by atoms with E-state index in [4.69, 9.17) is 10.7 Å². The van der Waals surface area contributed by atoms with E-state index in [1.165, 1.54) is 46.0 Å². The number of benzene rings is 1. The van der Waals surface area contributed by atoms with Gasteiger partial charge in [-0.05, 0) is 36.8 Å². The zero-order chi connectivity index (χ0) is 13.9. The molecule has 0 bridgehead atoms. The first-order valence-corrected chi connectivity index (χ1v) is 8.41. The summed E-state index contributed by atoms with van der Waals surface area (Å²) in [6, 6.07) is 8.85. The van der Waals surface area contributed by atoms with Crippen LogP contribution in [0.1, 0.15) is 58.8 Å². The van der Waals surface area contributed by atoms with Crippen molar-refractivity contribution in [1.29, 1.82) is 0 Å². The van der Waals surface area contributed by atoms with Gasteiger partial charge in [-0.15, -0.1) is 11.3 Å². The molecule has 3 rings (SSSR count). The van der Waals surface area contributed by atoms with Crippen molar-refractivity contribution in [2.24, 2.45) is 5.73 Å². The van der Waals surface area contributed by atoms with E-state index in [1.807, 2.05) is 11.3 Å². The summed E-state index contributed by atoms with van der Waals surface area (Å²) >= 11 is 1.83. The van der Waals surface area contributed by atoms with Crippen molar-refractivity contribution in [3.05, 3.63) is 51.0 Å². The minimum absolute atomic E-state index is 0.487. The van der Waals surface area contributed by atoms with Crippen LogP contribution in [0.4, 0.5) is 0 Å². The summed E-state index contributed by atoms with van der Waals surface area (Å²) in [6.07, 6.45) is 5.89. The first-order valence-electron chi connectivity index (χ1n) is 7.59. The Kier molecular flexibility index (Phi) is 4.18. The van der Waals surface area contributed by atoms with Gasteiger partial charge in [-0.2, -0.15) is 0 Å². The van der Waals surface area contributed by atoms with E-state index in [0.29, 0.717) is 12.5 Å². The fourth-order valence-electron chi connectivity index (χ4n) is 3.15. The molecule has 1 heterocycles. The number of thiazole rings is 1. The molecule has 1 unspecified atom stereocenters. The number of hydrogen-bond donors (Lipinski definition) is 1. The Balaban J connectivity index is 1.98. The third kappa shape index (κ3) is 2.52. The van der Waals surface area contributed by atoms with Crippen LogP contribution in [-0.4, -0.2) is 4.98 Å². The molecule has 1 aromatic heterocycles. The second-order valence-electron chi connectivity index (χ2n) is 5.52. The average Bonchev–Trinajstić information content (AvgIpc) is 2.90. The molecule has 3 heteroatoms. The number of nitrogens with zero attached hydrogens (tertiary/aromatic N) is 1. The third-order valence-corrected chi connectivity index (χ3v) is 5.37. The van der Waals surface area contributed by atoms with Crippen molar-refractivity contribution >= 4 is 11.3 Å². The number of hydrogen-bond acceptors (Lipinski definition) is 3. The lowest BCUT2D eigenvalue weighted by atomic mass is 9.83. The largest absolute Gasteiger partial charge is 0.326 e. The van der Waals surface area contributed by atoms with Crippen LogP contribution in [0.3, 0.4) is 0 Å². The molecule has 2 aromatic rings. The van der Waals surface area contributed by atoms with Gasteiger partial charge in [0.25, 0.3) is 0 Å². The van der Waals surface area contributed by atoms with Crippen LogP contribution in [-0.2, 0) is 19.4 Å². The van der Waals surface area contributed by atoms with Gasteiger partial charge in [0, 0.05) is 17.3 Å². The van der Waals surface area contributed by atoms with Gasteiger partial charge in [0.05, 0.1) is 5.69 Å². The van der Waals surface area contributed by atoms with Crippen molar-refractivity contribution < 1.29 is 0 Å². The Labute approximate surface area is 125 Å². The smallest absolute Gasteiger partial charge is 0.101 e. The van der Waals surface area contributed by atoms with Crippen molar-refractivity contribution in [3.8, 4) is 0 Å². The Morgan fingerprint density at radius 1 is 1.35 bits per heavy atom. The molecule has 1 aliphatic carbocycles. The zero-order valence-electron chi connectivity index (χ0n) is 12.1. The molecule has 0 spiro atoms. The molecule has 20 heavy (non-hydrogen) atoms. The van der Waals surface area contributed by atoms with Gasteiger partial charge in [-0.3, -0.25) is 0 Å². The third-order valence-electron chi connectivity index (χ3n) is 4.13. The SMILES string of the molecule is CCCc1nc(C2CCCc3ccccc32)sc1CN. The molecule has 0 saturated heterocycles. The summed E-state index contributed by atoms with van der Waals surface area (Å²) in [4.78, 5) is 6.21. The first kappa shape index (κ1) is 13.8. The van der Waals surface area contributed by atoms with E-state index in [2.05, 4.69) is 31.2 Å². The molecular weight excluding hydrogens is 264 g/mol. The second kappa shape index (κ2) is 6.06. The minimum Gasteiger partial charge on any atom is -0.326 e. The number of aromatic nitrogens is 1. The van der Waals surface area contributed by atoms with Crippen LogP contribution < -0.4 is 5.73 Å². The summed E-state index contributed by atoms with van der Waals surface area (Å²) in [7, 11) is 0. The molecular formula is C17H22N2S.